The molecule has 1 rings (SSSR count). The van der Waals surface area contributed by atoms with Crippen LogP contribution in [0.3, 0.4) is 0 Å². The van der Waals surface area contributed by atoms with E-state index < -0.39 is 10.0 Å². The Balaban J connectivity index is 2.21. The average Bonchev–Trinajstić information content (AvgIpc) is 2.93. The van der Waals surface area contributed by atoms with Crippen LogP contribution in [0.1, 0.15) is 12.8 Å². The van der Waals surface area contributed by atoms with E-state index in [1.807, 2.05) is 0 Å². The molecule has 0 atom stereocenters. The highest BCUT2D eigenvalue weighted by molar-refractivity contribution is 7.92. The molecule has 16 heavy (non-hydrogen) atoms. The first-order valence-corrected chi connectivity index (χ1v) is 7.23. The molecule has 1 aliphatic carbocycles. The minimum absolute atomic E-state index is 0.00857. The van der Waals surface area contributed by atoms with Crippen LogP contribution in [-0.2, 0) is 14.8 Å². The lowest BCUT2D eigenvalue weighted by Crippen LogP contribution is -2.36. The van der Waals surface area contributed by atoms with Crippen molar-refractivity contribution >= 4 is 27.2 Å². The summed E-state index contributed by atoms with van der Waals surface area (Å²) in [6, 6.07) is 0. The van der Waals surface area contributed by atoms with Gasteiger partial charge in [0.1, 0.15) is 5.75 Å². The first-order valence-electron chi connectivity index (χ1n) is 5.22. The molecule has 1 aliphatic rings. The molecule has 5 nitrogen and oxygen atoms in total. The monoisotopic (exact) mass is 266 g/mol. The van der Waals surface area contributed by atoms with Crippen LogP contribution in [0.4, 0.5) is 0 Å². The number of hydrogen-bond donors (Lipinski definition) is 1. The largest absolute Gasteiger partial charge is 0.392 e. The van der Waals surface area contributed by atoms with Gasteiger partial charge in [-0.2, -0.15) is 0 Å². The molecule has 0 unspecified atom stereocenters. The number of likely N-dealkylation sites (N-methyl/N-ethyl adjacent to an activating group) is 1. The number of sulfonamides is 1. The zero-order valence-corrected chi connectivity index (χ0v) is 11.0. The van der Waals surface area contributed by atoms with Crippen LogP contribution in [0, 0.1) is 5.92 Å². The van der Waals surface area contributed by atoms with Crippen LogP contribution >= 0.6 is 12.2 Å². The fraction of sp³-hybridized carbons (Fsp3) is 0.889. The van der Waals surface area contributed by atoms with Crippen LogP contribution in [0.15, 0.2) is 0 Å². The number of ether oxygens (including phenoxy) is 1. The van der Waals surface area contributed by atoms with Gasteiger partial charge in [0.15, 0.2) is 0 Å². The van der Waals surface area contributed by atoms with Crippen molar-refractivity contribution in [1.82, 2.24) is 4.31 Å². The minimum Gasteiger partial charge on any atom is -0.392 e. The molecule has 1 saturated carbocycles. The summed E-state index contributed by atoms with van der Waals surface area (Å²) in [6.45, 7) is 1.50. The number of rotatable bonds is 8. The molecule has 7 heteroatoms. The van der Waals surface area contributed by atoms with Crippen molar-refractivity contribution in [3.8, 4) is 0 Å². The fourth-order valence-corrected chi connectivity index (χ4v) is 2.54. The van der Waals surface area contributed by atoms with E-state index in [0.717, 1.165) is 6.61 Å². The van der Waals surface area contributed by atoms with Gasteiger partial charge >= 0.3 is 0 Å². The van der Waals surface area contributed by atoms with Crippen molar-refractivity contribution in [2.75, 3.05) is 32.6 Å². The molecule has 0 aromatic heterocycles. The second kappa shape index (κ2) is 5.90. The molecule has 0 amide bonds. The second-order valence-corrected chi connectivity index (χ2v) is 6.66. The molecule has 0 saturated heterocycles. The SMILES string of the molecule is CN(CCOCC1CC1)S(=O)(=O)CC(N)=S. The van der Waals surface area contributed by atoms with E-state index in [1.165, 1.54) is 24.2 Å². The minimum atomic E-state index is -3.36. The molecule has 2 N–H and O–H groups in total. The smallest absolute Gasteiger partial charge is 0.220 e. The summed E-state index contributed by atoms with van der Waals surface area (Å²) in [4.78, 5) is -0.00857. The van der Waals surface area contributed by atoms with Gasteiger partial charge in [0.25, 0.3) is 0 Å². The summed E-state index contributed by atoms with van der Waals surface area (Å²) in [5, 5.41) is 0. The van der Waals surface area contributed by atoms with E-state index >= 15 is 0 Å². The Bertz CT molecular complexity index is 339. The van der Waals surface area contributed by atoms with Gasteiger partial charge in [0.05, 0.1) is 11.6 Å². The van der Waals surface area contributed by atoms with Gasteiger partial charge in [-0.3, -0.25) is 0 Å². The first kappa shape index (κ1) is 13.8. The fourth-order valence-electron chi connectivity index (χ4n) is 1.16. The Morgan fingerprint density at radius 2 is 2.19 bits per heavy atom. The van der Waals surface area contributed by atoms with Crippen LogP contribution < -0.4 is 5.73 Å². The van der Waals surface area contributed by atoms with E-state index in [-0.39, 0.29) is 10.7 Å². The molecule has 0 aromatic carbocycles. The van der Waals surface area contributed by atoms with Crippen molar-refractivity contribution in [3.05, 3.63) is 0 Å². The lowest BCUT2D eigenvalue weighted by Gasteiger charge is -2.16. The highest BCUT2D eigenvalue weighted by Gasteiger charge is 2.22. The molecule has 0 bridgehead atoms. The summed E-state index contributed by atoms with van der Waals surface area (Å²) in [7, 11) is -1.85. The van der Waals surface area contributed by atoms with E-state index in [0.29, 0.717) is 19.1 Å². The third kappa shape index (κ3) is 5.20. The highest BCUT2D eigenvalue weighted by Crippen LogP contribution is 2.28. The van der Waals surface area contributed by atoms with Crippen LogP contribution in [0.2, 0.25) is 0 Å². The molecule has 1 fully saturated rings. The summed E-state index contributed by atoms with van der Waals surface area (Å²) in [5.41, 5.74) is 5.21. The topological polar surface area (TPSA) is 72.6 Å². The third-order valence-electron chi connectivity index (χ3n) is 2.40. The van der Waals surface area contributed by atoms with E-state index in [9.17, 15) is 8.42 Å². The van der Waals surface area contributed by atoms with Crippen molar-refractivity contribution in [2.24, 2.45) is 11.7 Å². The van der Waals surface area contributed by atoms with Gasteiger partial charge < -0.3 is 10.5 Å². The van der Waals surface area contributed by atoms with Crippen molar-refractivity contribution in [1.29, 1.82) is 0 Å². The second-order valence-electron chi connectivity index (χ2n) is 4.06. The van der Waals surface area contributed by atoms with Gasteiger partial charge in [0, 0.05) is 20.2 Å². The Morgan fingerprint density at radius 1 is 1.56 bits per heavy atom. The predicted molar refractivity (Wildman–Crippen MR) is 66.7 cm³/mol. The highest BCUT2D eigenvalue weighted by atomic mass is 32.2. The standard InChI is InChI=1S/C9H18N2O3S2/c1-11(16(12,13)7-9(10)15)4-5-14-6-8-2-3-8/h8H,2-7H2,1H3,(H2,10,15). The molecular formula is C9H18N2O3S2. The molecule has 0 radical (unpaired) electrons. The summed E-state index contributed by atoms with van der Waals surface area (Å²) in [6.07, 6.45) is 2.46. The van der Waals surface area contributed by atoms with Crippen LogP contribution in [0.25, 0.3) is 0 Å². The summed E-state index contributed by atoms with van der Waals surface area (Å²) >= 11 is 4.58. The zero-order valence-electron chi connectivity index (χ0n) is 9.39. The zero-order chi connectivity index (χ0) is 12.2. The molecule has 94 valence electrons. The van der Waals surface area contributed by atoms with Crippen LogP contribution in [-0.4, -0.2) is 50.3 Å². The van der Waals surface area contributed by atoms with E-state index in [4.69, 9.17) is 10.5 Å². The molecule has 0 heterocycles. The maximum atomic E-state index is 11.6. The number of nitrogens with two attached hydrogens (primary N) is 1. The lowest BCUT2D eigenvalue weighted by molar-refractivity contribution is 0.117. The summed E-state index contributed by atoms with van der Waals surface area (Å²) < 4.78 is 29.8. The van der Waals surface area contributed by atoms with Gasteiger partial charge in [0.2, 0.25) is 10.0 Å². The maximum absolute atomic E-state index is 11.6. The Morgan fingerprint density at radius 3 is 2.69 bits per heavy atom. The van der Waals surface area contributed by atoms with Gasteiger partial charge in [-0.15, -0.1) is 0 Å². The van der Waals surface area contributed by atoms with Crippen LogP contribution in [0.5, 0.6) is 0 Å². The Labute approximate surface area is 102 Å². The quantitative estimate of drug-likeness (QED) is 0.493. The Kier molecular flexibility index (Phi) is 5.10. The maximum Gasteiger partial charge on any atom is 0.220 e. The van der Waals surface area contributed by atoms with Crippen molar-refractivity contribution in [3.63, 3.8) is 0 Å². The van der Waals surface area contributed by atoms with Crippen molar-refractivity contribution in [2.45, 2.75) is 12.8 Å². The molecule has 0 aliphatic heterocycles. The van der Waals surface area contributed by atoms with Gasteiger partial charge in [-0.05, 0) is 18.8 Å². The first-order chi connectivity index (χ1) is 7.42. The van der Waals surface area contributed by atoms with Gasteiger partial charge in [-0.25, -0.2) is 12.7 Å². The predicted octanol–water partition coefficient (Wildman–Crippen LogP) is -0.0393. The Hall–Kier alpha value is -0.240. The number of hydrogen-bond acceptors (Lipinski definition) is 4. The van der Waals surface area contributed by atoms with Gasteiger partial charge in [-0.1, -0.05) is 12.2 Å². The molecule has 0 spiro atoms. The average molecular weight is 266 g/mol. The normalized spacial score (nSPS) is 16.6. The molecule has 0 aromatic rings. The van der Waals surface area contributed by atoms with E-state index in [1.54, 1.807) is 0 Å². The lowest BCUT2D eigenvalue weighted by atomic mass is 10.5. The molecular weight excluding hydrogens is 248 g/mol. The number of nitrogens with zero attached hydrogens (tertiary/aromatic N) is 1. The van der Waals surface area contributed by atoms with Crippen molar-refractivity contribution < 1.29 is 13.2 Å². The third-order valence-corrected chi connectivity index (χ3v) is 4.54. The van der Waals surface area contributed by atoms with E-state index in [2.05, 4.69) is 12.2 Å². The summed E-state index contributed by atoms with van der Waals surface area (Å²) in [5.74, 6) is 0.417. The number of thiocarbonyl (C=S) groups is 1.